The minimum Gasteiger partial charge on any atom is -0.497 e. The van der Waals surface area contributed by atoms with Gasteiger partial charge in [-0.25, -0.2) is 0 Å². The summed E-state index contributed by atoms with van der Waals surface area (Å²) >= 11 is 0. The van der Waals surface area contributed by atoms with Crippen LogP contribution in [0.1, 0.15) is 23.0 Å². The Labute approximate surface area is 124 Å². The lowest BCUT2D eigenvalue weighted by molar-refractivity contribution is 0.0976. The van der Waals surface area contributed by atoms with E-state index in [2.05, 4.69) is 11.9 Å². The van der Waals surface area contributed by atoms with Gasteiger partial charge < -0.3 is 9.64 Å². The summed E-state index contributed by atoms with van der Waals surface area (Å²) in [6.07, 6.45) is 2.62. The molecule has 2 aromatic rings. The van der Waals surface area contributed by atoms with Crippen LogP contribution >= 0.6 is 0 Å². The molecule has 1 unspecified atom stereocenters. The SMILES string of the molecule is COc1ccc2c(c1)N(C(=O)c1ccccn1)CC(C)C2. The molecule has 0 saturated heterocycles. The zero-order valence-corrected chi connectivity index (χ0v) is 12.2. The molecule has 4 nitrogen and oxygen atoms in total. The maximum Gasteiger partial charge on any atom is 0.276 e. The predicted octanol–water partition coefficient (Wildman–Crippen LogP) is 2.93. The number of amides is 1. The number of hydrogen-bond acceptors (Lipinski definition) is 3. The number of hydrogen-bond donors (Lipinski definition) is 0. The van der Waals surface area contributed by atoms with Gasteiger partial charge in [0.05, 0.1) is 12.8 Å². The van der Waals surface area contributed by atoms with Crippen LogP contribution in [-0.4, -0.2) is 24.5 Å². The highest BCUT2D eigenvalue weighted by atomic mass is 16.5. The fourth-order valence-electron chi connectivity index (χ4n) is 2.76. The third-order valence-corrected chi connectivity index (χ3v) is 3.78. The minimum absolute atomic E-state index is 0.0587. The van der Waals surface area contributed by atoms with Crippen LogP contribution in [0.25, 0.3) is 0 Å². The summed E-state index contributed by atoms with van der Waals surface area (Å²) in [5.74, 6) is 1.14. The van der Waals surface area contributed by atoms with Crippen LogP contribution in [-0.2, 0) is 6.42 Å². The van der Waals surface area contributed by atoms with E-state index >= 15 is 0 Å². The van der Waals surface area contributed by atoms with E-state index in [4.69, 9.17) is 4.74 Å². The Balaban J connectivity index is 2.02. The maximum absolute atomic E-state index is 12.7. The highest BCUT2D eigenvalue weighted by Gasteiger charge is 2.28. The van der Waals surface area contributed by atoms with E-state index < -0.39 is 0 Å². The Morgan fingerprint density at radius 1 is 1.33 bits per heavy atom. The molecule has 1 aliphatic rings. The topological polar surface area (TPSA) is 42.4 Å². The molecule has 21 heavy (non-hydrogen) atoms. The first-order chi connectivity index (χ1) is 10.2. The summed E-state index contributed by atoms with van der Waals surface area (Å²) in [7, 11) is 1.64. The van der Waals surface area contributed by atoms with Gasteiger partial charge >= 0.3 is 0 Å². The number of carbonyl (C=O) groups excluding carboxylic acids is 1. The van der Waals surface area contributed by atoms with Crippen molar-refractivity contribution in [2.75, 3.05) is 18.6 Å². The fraction of sp³-hybridized carbons (Fsp3) is 0.294. The zero-order valence-electron chi connectivity index (χ0n) is 12.2. The molecule has 2 heterocycles. The maximum atomic E-state index is 12.7. The van der Waals surface area contributed by atoms with Crippen molar-refractivity contribution in [2.45, 2.75) is 13.3 Å². The Morgan fingerprint density at radius 2 is 2.19 bits per heavy atom. The Kier molecular flexibility index (Phi) is 3.60. The first kappa shape index (κ1) is 13.6. The number of benzene rings is 1. The van der Waals surface area contributed by atoms with Gasteiger partial charge in [0, 0.05) is 18.8 Å². The molecule has 0 aliphatic carbocycles. The summed E-state index contributed by atoms with van der Waals surface area (Å²) in [6.45, 7) is 2.86. The normalized spacial score (nSPS) is 17.2. The Bertz CT molecular complexity index is 655. The number of carbonyl (C=O) groups is 1. The number of anilines is 1. The molecule has 1 atom stereocenters. The van der Waals surface area contributed by atoms with E-state index in [-0.39, 0.29) is 5.91 Å². The molecule has 0 radical (unpaired) electrons. The standard InChI is InChI=1S/C17H18N2O2/c1-12-9-13-6-7-14(21-2)10-16(13)19(11-12)17(20)15-5-3-4-8-18-15/h3-8,10,12H,9,11H2,1-2H3. The number of ether oxygens (including phenoxy) is 1. The average Bonchev–Trinajstić information content (AvgIpc) is 2.53. The highest BCUT2D eigenvalue weighted by Crippen LogP contribution is 2.33. The van der Waals surface area contributed by atoms with Crippen molar-refractivity contribution >= 4 is 11.6 Å². The van der Waals surface area contributed by atoms with Crippen molar-refractivity contribution < 1.29 is 9.53 Å². The molecule has 0 N–H and O–H groups in total. The number of fused-ring (bicyclic) bond motifs is 1. The van der Waals surface area contributed by atoms with Gasteiger partial charge in [-0.1, -0.05) is 19.1 Å². The van der Waals surface area contributed by atoms with Crippen LogP contribution < -0.4 is 9.64 Å². The van der Waals surface area contributed by atoms with E-state index in [1.165, 1.54) is 5.56 Å². The van der Waals surface area contributed by atoms with Crippen LogP contribution in [0.3, 0.4) is 0 Å². The highest BCUT2D eigenvalue weighted by molar-refractivity contribution is 6.05. The van der Waals surface area contributed by atoms with Crippen molar-refractivity contribution in [3.8, 4) is 5.75 Å². The van der Waals surface area contributed by atoms with Crippen molar-refractivity contribution in [2.24, 2.45) is 5.92 Å². The van der Waals surface area contributed by atoms with Gasteiger partial charge in [0.15, 0.2) is 0 Å². The second-order valence-electron chi connectivity index (χ2n) is 5.43. The van der Waals surface area contributed by atoms with Crippen LogP contribution in [0.15, 0.2) is 42.6 Å². The third-order valence-electron chi connectivity index (χ3n) is 3.78. The molecule has 1 aromatic heterocycles. The molecule has 1 aliphatic heterocycles. The summed E-state index contributed by atoms with van der Waals surface area (Å²) in [5, 5.41) is 0. The monoisotopic (exact) mass is 282 g/mol. The van der Waals surface area contributed by atoms with Crippen LogP contribution in [0.2, 0.25) is 0 Å². The molecular weight excluding hydrogens is 264 g/mol. The van der Waals surface area contributed by atoms with Crippen molar-refractivity contribution in [1.82, 2.24) is 4.98 Å². The average molecular weight is 282 g/mol. The zero-order chi connectivity index (χ0) is 14.8. The van der Waals surface area contributed by atoms with Gasteiger partial charge in [0.25, 0.3) is 5.91 Å². The molecule has 4 heteroatoms. The quantitative estimate of drug-likeness (QED) is 0.850. The summed E-state index contributed by atoms with van der Waals surface area (Å²) in [4.78, 5) is 18.7. The largest absolute Gasteiger partial charge is 0.497 e. The number of rotatable bonds is 2. The van der Waals surface area contributed by atoms with E-state index in [1.54, 1.807) is 19.4 Å². The first-order valence-corrected chi connectivity index (χ1v) is 7.09. The van der Waals surface area contributed by atoms with Gasteiger partial charge in [0.1, 0.15) is 11.4 Å². The van der Waals surface area contributed by atoms with Crippen molar-refractivity contribution in [3.05, 3.63) is 53.9 Å². The van der Waals surface area contributed by atoms with E-state index in [1.807, 2.05) is 35.2 Å². The van der Waals surface area contributed by atoms with Crippen molar-refractivity contribution in [1.29, 1.82) is 0 Å². The number of nitrogens with zero attached hydrogens (tertiary/aromatic N) is 2. The summed E-state index contributed by atoms with van der Waals surface area (Å²) < 4.78 is 5.29. The van der Waals surface area contributed by atoms with E-state index in [9.17, 15) is 4.79 Å². The van der Waals surface area contributed by atoms with E-state index in [0.717, 1.165) is 17.9 Å². The molecule has 1 amide bonds. The minimum atomic E-state index is -0.0587. The fourth-order valence-corrected chi connectivity index (χ4v) is 2.76. The Morgan fingerprint density at radius 3 is 2.90 bits per heavy atom. The molecule has 1 aromatic carbocycles. The second kappa shape index (κ2) is 5.56. The molecule has 3 rings (SSSR count). The lowest BCUT2D eigenvalue weighted by Crippen LogP contribution is -2.39. The lowest BCUT2D eigenvalue weighted by Gasteiger charge is -2.33. The third kappa shape index (κ3) is 2.61. The van der Waals surface area contributed by atoms with Crippen LogP contribution in [0, 0.1) is 5.92 Å². The Hall–Kier alpha value is -2.36. The number of pyridine rings is 1. The van der Waals surface area contributed by atoms with Gasteiger partial charge in [-0.05, 0) is 36.1 Å². The molecule has 0 bridgehead atoms. The van der Waals surface area contributed by atoms with Gasteiger partial charge in [-0.2, -0.15) is 0 Å². The van der Waals surface area contributed by atoms with Crippen LogP contribution in [0.4, 0.5) is 5.69 Å². The van der Waals surface area contributed by atoms with Gasteiger partial charge in [0.2, 0.25) is 0 Å². The predicted molar refractivity (Wildman–Crippen MR) is 81.8 cm³/mol. The summed E-state index contributed by atoms with van der Waals surface area (Å²) in [5.41, 5.74) is 2.59. The second-order valence-corrected chi connectivity index (χ2v) is 5.43. The molecule has 0 spiro atoms. The van der Waals surface area contributed by atoms with Crippen LogP contribution in [0.5, 0.6) is 5.75 Å². The molecule has 0 saturated carbocycles. The lowest BCUT2D eigenvalue weighted by atomic mass is 9.93. The smallest absolute Gasteiger partial charge is 0.276 e. The summed E-state index contributed by atoms with van der Waals surface area (Å²) in [6, 6.07) is 11.3. The van der Waals surface area contributed by atoms with E-state index in [0.29, 0.717) is 18.2 Å². The molecular formula is C17H18N2O2. The van der Waals surface area contributed by atoms with Gasteiger partial charge in [-0.15, -0.1) is 0 Å². The number of methoxy groups -OCH3 is 1. The molecule has 0 fully saturated rings. The number of aromatic nitrogens is 1. The first-order valence-electron chi connectivity index (χ1n) is 7.09. The molecule has 108 valence electrons. The van der Waals surface area contributed by atoms with Crippen molar-refractivity contribution in [3.63, 3.8) is 0 Å². The van der Waals surface area contributed by atoms with Gasteiger partial charge in [-0.3, -0.25) is 9.78 Å².